The second-order valence-corrected chi connectivity index (χ2v) is 4.82. The van der Waals surface area contributed by atoms with Crippen molar-refractivity contribution in [3.63, 3.8) is 0 Å². The first kappa shape index (κ1) is 15.1. The van der Waals surface area contributed by atoms with Gasteiger partial charge in [-0.15, -0.1) is 0 Å². The Morgan fingerprint density at radius 3 is 2.67 bits per heavy atom. The van der Waals surface area contributed by atoms with Gasteiger partial charge in [0.05, 0.1) is 22.0 Å². The molecule has 0 fully saturated rings. The van der Waals surface area contributed by atoms with Crippen molar-refractivity contribution >= 4 is 34.6 Å². The number of halogens is 2. The Balaban J connectivity index is 2.38. The number of carbonyl (C=O) groups excluding carboxylic acids is 1. The average Bonchev–Trinajstić information content (AvgIpc) is 2.42. The standard InChI is InChI=1S/C15H15ClFN3O/c1-2-19-15(21)11-5-4-10(18)8-14(11)20-13-6-3-9(17)7-12(13)16/h3-8,20H,2,18H2,1H3,(H,19,21). The minimum Gasteiger partial charge on any atom is -0.399 e. The predicted octanol–water partition coefficient (Wildman–Crippen LogP) is 3.55. The number of benzene rings is 2. The maximum Gasteiger partial charge on any atom is 0.253 e. The molecular formula is C15H15ClFN3O. The normalized spacial score (nSPS) is 10.2. The maximum absolute atomic E-state index is 13.1. The lowest BCUT2D eigenvalue weighted by Crippen LogP contribution is -2.23. The fraction of sp³-hybridized carbons (Fsp3) is 0.133. The number of anilines is 3. The summed E-state index contributed by atoms with van der Waals surface area (Å²) in [5, 5.41) is 5.95. The van der Waals surface area contributed by atoms with E-state index in [1.54, 1.807) is 18.2 Å². The van der Waals surface area contributed by atoms with E-state index in [4.69, 9.17) is 17.3 Å². The zero-order valence-electron chi connectivity index (χ0n) is 11.4. The van der Waals surface area contributed by atoms with E-state index < -0.39 is 5.82 Å². The van der Waals surface area contributed by atoms with Gasteiger partial charge in [0, 0.05) is 12.2 Å². The highest BCUT2D eigenvalue weighted by Gasteiger charge is 2.12. The predicted molar refractivity (Wildman–Crippen MR) is 83.6 cm³/mol. The highest BCUT2D eigenvalue weighted by Crippen LogP contribution is 2.29. The van der Waals surface area contributed by atoms with E-state index in [0.29, 0.717) is 29.2 Å². The number of rotatable bonds is 4. The number of nitrogens with two attached hydrogens (primary N) is 1. The van der Waals surface area contributed by atoms with Gasteiger partial charge in [0.25, 0.3) is 5.91 Å². The molecule has 4 nitrogen and oxygen atoms in total. The Morgan fingerprint density at radius 2 is 2.00 bits per heavy atom. The van der Waals surface area contributed by atoms with Crippen molar-refractivity contribution in [2.24, 2.45) is 0 Å². The van der Waals surface area contributed by atoms with Gasteiger partial charge >= 0.3 is 0 Å². The molecule has 0 aliphatic rings. The molecule has 0 aromatic heterocycles. The summed E-state index contributed by atoms with van der Waals surface area (Å²) in [4.78, 5) is 12.0. The fourth-order valence-corrected chi connectivity index (χ4v) is 2.07. The number of carbonyl (C=O) groups is 1. The largest absolute Gasteiger partial charge is 0.399 e. The van der Waals surface area contributed by atoms with Gasteiger partial charge in [0.15, 0.2) is 0 Å². The number of hydrogen-bond acceptors (Lipinski definition) is 3. The van der Waals surface area contributed by atoms with Gasteiger partial charge in [-0.05, 0) is 43.3 Å². The second kappa shape index (κ2) is 6.45. The lowest BCUT2D eigenvalue weighted by Gasteiger charge is -2.13. The SMILES string of the molecule is CCNC(=O)c1ccc(N)cc1Nc1ccc(F)cc1Cl. The molecular weight excluding hydrogens is 293 g/mol. The highest BCUT2D eigenvalue weighted by molar-refractivity contribution is 6.33. The minimum atomic E-state index is -0.429. The van der Waals surface area contributed by atoms with E-state index in [1.165, 1.54) is 18.2 Å². The molecule has 1 amide bonds. The molecule has 0 heterocycles. The van der Waals surface area contributed by atoms with E-state index in [9.17, 15) is 9.18 Å². The lowest BCUT2D eigenvalue weighted by atomic mass is 10.1. The summed E-state index contributed by atoms with van der Waals surface area (Å²) in [6.45, 7) is 2.35. The molecule has 0 unspecified atom stereocenters. The molecule has 0 radical (unpaired) electrons. The Hall–Kier alpha value is -2.27. The van der Waals surface area contributed by atoms with Crippen molar-refractivity contribution in [3.8, 4) is 0 Å². The van der Waals surface area contributed by atoms with E-state index in [-0.39, 0.29) is 10.9 Å². The van der Waals surface area contributed by atoms with Crippen LogP contribution in [0, 0.1) is 5.82 Å². The summed E-state index contributed by atoms with van der Waals surface area (Å²) in [5.74, 6) is -0.652. The molecule has 6 heteroatoms. The molecule has 2 aromatic rings. The molecule has 0 aliphatic heterocycles. The van der Waals surface area contributed by atoms with Crippen LogP contribution in [-0.2, 0) is 0 Å². The monoisotopic (exact) mass is 307 g/mol. The van der Waals surface area contributed by atoms with Gasteiger partial charge in [-0.25, -0.2) is 4.39 Å². The van der Waals surface area contributed by atoms with Gasteiger partial charge in [0.1, 0.15) is 5.82 Å². The molecule has 0 saturated heterocycles. The smallest absolute Gasteiger partial charge is 0.253 e. The molecule has 0 saturated carbocycles. The first-order chi connectivity index (χ1) is 10.0. The molecule has 2 rings (SSSR count). The Bertz CT molecular complexity index is 676. The quantitative estimate of drug-likeness (QED) is 0.757. The second-order valence-electron chi connectivity index (χ2n) is 4.41. The topological polar surface area (TPSA) is 67.2 Å². The van der Waals surface area contributed by atoms with Crippen molar-refractivity contribution in [3.05, 3.63) is 52.8 Å². The van der Waals surface area contributed by atoms with Crippen molar-refractivity contribution in [2.45, 2.75) is 6.92 Å². The van der Waals surface area contributed by atoms with Gasteiger partial charge < -0.3 is 16.4 Å². The number of amides is 1. The Labute approximate surface area is 127 Å². The summed E-state index contributed by atoms with van der Waals surface area (Å²) in [6.07, 6.45) is 0. The van der Waals surface area contributed by atoms with Gasteiger partial charge in [-0.1, -0.05) is 11.6 Å². The van der Waals surface area contributed by atoms with Crippen molar-refractivity contribution in [1.29, 1.82) is 0 Å². The molecule has 21 heavy (non-hydrogen) atoms. The Kier molecular flexibility index (Phi) is 4.65. The van der Waals surface area contributed by atoms with Crippen LogP contribution in [0.25, 0.3) is 0 Å². The van der Waals surface area contributed by atoms with Crippen LogP contribution in [0.2, 0.25) is 5.02 Å². The van der Waals surface area contributed by atoms with Crippen LogP contribution >= 0.6 is 11.6 Å². The lowest BCUT2D eigenvalue weighted by molar-refractivity contribution is 0.0956. The molecule has 110 valence electrons. The number of hydrogen-bond donors (Lipinski definition) is 3. The van der Waals surface area contributed by atoms with Crippen LogP contribution in [0.1, 0.15) is 17.3 Å². The van der Waals surface area contributed by atoms with Gasteiger partial charge in [-0.2, -0.15) is 0 Å². The van der Waals surface area contributed by atoms with E-state index in [2.05, 4.69) is 10.6 Å². The summed E-state index contributed by atoms with van der Waals surface area (Å²) in [5.41, 5.74) is 7.70. The Morgan fingerprint density at radius 1 is 1.24 bits per heavy atom. The van der Waals surface area contributed by atoms with Crippen LogP contribution in [0.5, 0.6) is 0 Å². The third kappa shape index (κ3) is 3.64. The summed E-state index contributed by atoms with van der Waals surface area (Å²) in [7, 11) is 0. The summed E-state index contributed by atoms with van der Waals surface area (Å²) < 4.78 is 13.1. The van der Waals surface area contributed by atoms with Crippen molar-refractivity contribution in [1.82, 2.24) is 5.32 Å². The van der Waals surface area contributed by atoms with E-state index in [1.807, 2.05) is 6.92 Å². The number of nitrogen functional groups attached to an aromatic ring is 1. The fourth-order valence-electron chi connectivity index (χ4n) is 1.86. The maximum atomic E-state index is 13.1. The third-order valence-electron chi connectivity index (χ3n) is 2.83. The molecule has 4 N–H and O–H groups in total. The molecule has 0 spiro atoms. The number of nitrogens with one attached hydrogen (secondary N) is 2. The van der Waals surface area contributed by atoms with E-state index in [0.717, 1.165) is 0 Å². The van der Waals surface area contributed by atoms with Crippen molar-refractivity contribution in [2.75, 3.05) is 17.6 Å². The third-order valence-corrected chi connectivity index (χ3v) is 3.14. The average molecular weight is 308 g/mol. The molecule has 0 atom stereocenters. The van der Waals surface area contributed by atoms with Crippen LogP contribution in [0.4, 0.5) is 21.5 Å². The molecule has 0 bridgehead atoms. The summed E-state index contributed by atoms with van der Waals surface area (Å²) >= 11 is 5.98. The zero-order valence-corrected chi connectivity index (χ0v) is 12.2. The minimum absolute atomic E-state index is 0.222. The van der Waals surface area contributed by atoms with Gasteiger partial charge in [-0.3, -0.25) is 4.79 Å². The van der Waals surface area contributed by atoms with E-state index >= 15 is 0 Å². The molecule has 0 aliphatic carbocycles. The van der Waals surface area contributed by atoms with Crippen LogP contribution < -0.4 is 16.4 Å². The first-order valence-corrected chi connectivity index (χ1v) is 6.79. The first-order valence-electron chi connectivity index (χ1n) is 6.41. The highest BCUT2D eigenvalue weighted by atomic mass is 35.5. The summed E-state index contributed by atoms with van der Waals surface area (Å²) in [6, 6.07) is 8.88. The van der Waals surface area contributed by atoms with Crippen molar-refractivity contribution < 1.29 is 9.18 Å². The zero-order chi connectivity index (χ0) is 15.4. The molecule has 2 aromatic carbocycles. The van der Waals surface area contributed by atoms with Crippen LogP contribution in [0.15, 0.2) is 36.4 Å². The van der Waals surface area contributed by atoms with Gasteiger partial charge in [0.2, 0.25) is 0 Å². The van der Waals surface area contributed by atoms with Crippen LogP contribution in [-0.4, -0.2) is 12.5 Å². The van der Waals surface area contributed by atoms with Crippen LogP contribution in [0.3, 0.4) is 0 Å².